The summed E-state index contributed by atoms with van der Waals surface area (Å²) in [6.07, 6.45) is 4.33. The van der Waals surface area contributed by atoms with Gasteiger partial charge < -0.3 is 35.8 Å². The smallest absolute Gasteiger partial charge is 0.407 e. The molecule has 2 aliphatic heterocycles. The van der Waals surface area contributed by atoms with E-state index < -0.39 is 18.2 Å². The number of aliphatic hydroxyl groups is 1. The lowest BCUT2D eigenvalue weighted by molar-refractivity contribution is -0.137. The van der Waals surface area contributed by atoms with Crippen molar-refractivity contribution in [3.63, 3.8) is 0 Å². The Labute approximate surface area is 239 Å². The number of rotatable bonds is 12. The number of nitrogens with zero attached hydrogens (tertiary/aromatic N) is 1. The number of fused-ring (bicyclic) bond motifs is 1. The van der Waals surface area contributed by atoms with Crippen molar-refractivity contribution >= 4 is 29.9 Å². The Morgan fingerprint density at radius 1 is 1.20 bits per heavy atom. The van der Waals surface area contributed by atoms with E-state index in [0.29, 0.717) is 30.9 Å². The number of hydroxylamine groups is 1. The average Bonchev–Trinajstić information content (AvgIpc) is 3.71. The van der Waals surface area contributed by atoms with Gasteiger partial charge in [-0.2, -0.15) is 0 Å². The number of amides is 1. The van der Waals surface area contributed by atoms with Gasteiger partial charge in [0.05, 0.1) is 43.9 Å². The number of benzene rings is 2. The summed E-state index contributed by atoms with van der Waals surface area (Å²) >= 11 is 1.34. The van der Waals surface area contributed by atoms with Gasteiger partial charge in [-0.3, -0.25) is 4.84 Å². The number of carbonyl (C=O) groups is 1. The predicted octanol–water partition coefficient (Wildman–Crippen LogP) is 3.91. The first-order chi connectivity index (χ1) is 19.5. The van der Waals surface area contributed by atoms with E-state index in [1.165, 1.54) is 18.2 Å². The fourth-order valence-electron chi connectivity index (χ4n) is 5.42. The molecule has 1 aliphatic carbocycles. The maximum atomic E-state index is 13.0. The molecule has 10 nitrogen and oxygen atoms in total. The van der Waals surface area contributed by atoms with Gasteiger partial charge in [0.1, 0.15) is 6.10 Å². The number of hydrogen-bond donors (Lipinski definition) is 4. The van der Waals surface area contributed by atoms with Crippen LogP contribution in [0.4, 0.5) is 10.5 Å². The molecule has 216 valence electrons. The van der Waals surface area contributed by atoms with Crippen LogP contribution < -0.4 is 11.1 Å². The van der Waals surface area contributed by atoms with E-state index in [4.69, 9.17) is 30.2 Å². The lowest BCUT2D eigenvalue weighted by Gasteiger charge is -2.30. The zero-order valence-corrected chi connectivity index (χ0v) is 23.3. The lowest BCUT2D eigenvalue weighted by Crippen LogP contribution is -2.50. The Hall–Kier alpha value is -2.67. The molecule has 3 aliphatic rings. The normalized spacial score (nSPS) is 24.1. The van der Waals surface area contributed by atoms with Crippen LogP contribution in [0.2, 0.25) is 0 Å². The van der Waals surface area contributed by atoms with Crippen LogP contribution in [-0.2, 0) is 25.5 Å². The third kappa shape index (κ3) is 7.54. The van der Waals surface area contributed by atoms with Gasteiger partial charge >= 0.3 is 6.09 Å². The number of aliphatic hydroxyl groups excluding tert-OH is 1. The Morgan fingerprint density at radius 3 is 2.77 bits per heavy atom. The molecule has 2 saturated heterocycles. The summed E-state index contributed by atoms with van der Waals surface area (Å²) in [5.41, 5.74) is 8.09. The number of nitrogen functional groups attached to an aromatic ring is 1. The van der Waals surface area contributed by atoms with Crippen molar-refractivity contribution in [2.75, 3.05) is 25.5 Å². The highest BCUT2D eigenvalue weighted by molar-refractivity contribution is 7.96. The molecule has 1 saturated carbocycles. The maximum Gasteiger partial charge on any atom is 0.407 e. The SMILES string of the molecule is N=Cc1cc(SN(CC(O)[C@H](Cc2ccccc2)NC(=O)OC2CO[C@H]3OCC[C@@H]23)OC2CCCC2)ccc1N. The molecule has 0 aromatic heterocycles. The van der Waals surface area contributed by atoms with Crippen molar-refractivity contribution in [2.45, 2.75) is 74.1 Å². The molecule has 40 heavy (non-hydrogen) atoms. The first-order valence-electron chi connectivity index (χ1n) is 13.9. The molecule has 11 heteroatoms. The molecule has 0 spiro atoms. The van der Waals surface area contributed by atoms with E-state index in [1.807, 2.05) is 42.5 Å². The fraction of sp³-hybridized carbons (Fsp3) is 0.517. The second-order valence-electron chi connectivity index (χ2n) is 10.5. The summed E-state index contributed by atoms with van der Waals surface area (Å²) in [6, 6.07) is 14.5. The molecule has 2 aromatic carbocycles. The van der Waals surface area contributed by atoms with Gasteiger partial charge in [0, 0.05) is 22.4 Å². The summed E-state index contributed by atoms with van der Waals surface area (Å²) in [4.78, 5) is 20.2. The van der Waals surface area contributed by atoms with Crippen molar-refractivity contribution in [1.29, 1.82) is 5.41 Å². The van der Waals surface area contributed by atoms with Crippen molar-refractivity contribution in [1.82, 2.24) is 9.79 Å². The molecule has 3 fully saturated rings. The molecule has 2 aromatic rings. The molecule has 5 atom stereocenters. The number of ether oxygens (including phenoxy) is 3. The Balaban J connectivity index is 1.28. The van der Waals surface area contributed by atoms with Gasteiger partial charge in [-0.25, -0.2) is 4.79 Å². The van der Waals surface area contributed by atoms with Gasteiger partial charge in [0.2, 0.25) is 0 Å². The highest BCUT2D eigenvalue weighted by atomic mass is 32.2. The third-order valence-corrected chi connectivity index (χ3v) is 8.54. The van der Waals surface area contributed by atoms with Crippen LogP contribution in [0.5, 0.6) is 0 Å². The van der Waals surface area contributed by atoms with Gasteiger partial charge in [0.25, 0.3) is 0 Å². The second kappa shape index (κ2) is 13.8. The predicted molar refractivity (Wildman–Crippen MR) is 152 cm³/mol. The van der Waals surface area contributed by atoms with E-state index >= 15 is 0 Å². The minimum atomic E-state index is -0.972. The highest BCUT2D eigenvalue weighted by Gasteiger charge is 2.44. The van der Waals surface area contributed by atoms with Crippen LogP contribution in [-0.4, -0.2) is 72.3 Å². The van der Waals surface area contributed by atoms with Gasteiger partial charge in [0.15, 0.2) is 6.29 Å². The number of carbonyl (C=O) groups excluding carboxylic acids is 1. The highest BCUT2D eigenvalue weighted by Crippen LogP contribution is 2.33. The van der Waals surface area contributed by atoms with Crippen LogP contribution in [0.1, 0.15) is 43.2 Å². The lowest BCUT2D eigenvalue weighted by atomic mass is 10.0. The minimum absolute atomic E-state index is 0.0284. The maximum absolute atomic E-state index is 13.0. The van der Waals surface area contributed by atoms with Crippen molar-refractivity contribution < 1.29 is 28.9 Å². The molecule has 0 bridgehead atoms. The summed E-state index contributed by atoms with van der Waals surface area (Å²) < 4.78 is 18.6. The van der Waals surface area contributed by atoms with Gasteiger partial charge in [-0.05, 0) is 61.4 Å². The zero-order valence-electron chi connectivity index (χ0n) is 22.4. The number of nitrogens with one attached hydrogen (secondary N) is 2. The van der Waals surface area contributed by atoms with E-state index in [-0.39, 0.29) is 31.0 Å². The zero-order chi connectivity index (χ0) is 27.9. The standard InChI is InChI=1S/C29H38N4O6S/c30-16-20-15-22(10-11-24(20)31)40-33(39-21-8-4-5-9-21)17-26(34)25(14-19-6-2-1-3-7-19)32-29(35)38-27-18-37-28-23(27)12-13-36-28/h1-3,6-7,10-11,15-16,21,23,25-28,30,34H,4-5,8-9,12-14,17-18,31H2,(H,32,35)/t23-,25-,26?,27?,28+/m0/s1. The van der Waals surface area contributed by atoms with Crippen molar-refractivity contribution in [3.05, 3.63) is 59.7 Å². The molecule has 1 amide bonds. The summed E-state index contributed by atoms with van der Waals surface area (Å²) in [6.45, 7) is 1.03. The number of alkyl carbamates (subject to hydrolysis) is 1. The van der Waals surface area contributed by atoms with Crippen LogP contribution in [0.3, 0.4) is 0 Å². The van der Waals surface area contributed by atoms with E-state index in [2.05, 4.69) is 5.32 Å². The molecular weight excluding hydrogens is 532 g/mol. The number of nitrogens with two attached hydrogens (primary N) is 1. The Kier molecular flexibility index (Phi) is 9.95. The molecule has 5 N–H and O–H groups in total. The Bertz CT molecular complexity index is 1130. The number of anilines is 1. The minimum Gasteiger partial charge on any atom is -0.443 e. The summed E-state index contributed by atoms with van der Waals surface area (Å²) in [7, 11) is 0. The molecule has 5 rings (SSSR count). The monoisotopic (exact) mass is 570 g/mol. The Morgan fingerprint density at radius 2 is 2.00 bits per heavy atom. The fourth-order valence-corrected chi connectivity index (χ4v) is 6.35. The van der Waals surface area contributed by atoms with Gasteiger partial charge in [-0.1, -0.05) is 43.2 Å². The summed E-state index contributed by atoms with van der Waals surface area (Å²) in [5, 5.41) is 22.0. The third-order valence-electron chi connectivity index (χ3n) is 7.64. The van der Waals surface area contributed by atoms with Crippen molar-refractivity contribution in [3.8, 4) is 0 Å². The number of hydrogen-bond acceptors (Lipinski definition) is 10. The van der Waals surface area contributed by atoms with Gasteiger partial charge in [-0.15, -0.1) is 4.47 Å². The van der Waals surface area contributed by atoms with E-state index in [0.717, 1.165) is 42.6 Å². The average molecular weight is 571 g/mol. The van der Waals surface area contributed by atoms with E-state index in [1.54, 1.807) is 10.5 Å². The summed E-state index contributed by atoms with van der Waals surface area (Å²) in [5.74, 6) is 0.0284. The molecule has 2 unspecified atom stereocenters. The first kappa shape index (κ1) is 28.8. The second-order valence-corrected chi connectivity index (χ2v) is 11.6. The largest absolute Gasteiger partial charge is 0.443 e. The van der Waals surface area contributed by atoms with E-state index in [9.17, 15) is 9.90 Å². The molecular formula is C29H38N4O6S. The van der Waals surface area contributed by atoms with Crippen LogP contribution in [0.25, 0.3) is 0 Å². The van der Waals surface area contributed by atoms with Crippen LogP contribution in [0.15, 0.2) is 53.4 Å². The molecule has 2 heterocycles. The first-order valence-corrected chi connectivity index (χ1v) is 14.7. The van der Waals surface area contributed by atoms with Crippen molar-refractivity contribution in [2.24, 2.45) is 5.92 Å². The molecule has 0 radical (unpaired) electrons. The van der Waals surface area contributed by atoms with Crippen LogP contribution in [0, 0.1) is 11.3 Å². The topological polar surface area (TPSA) is 139 Å². The quantitative estimate of drug-likeness (QED) is 0.129. The van der Waals surface area contributed by atoms with Crippen LogP contribution >= 0.6 is 11.9 Å².